The van der Waals surface area contributed by atoms with Gasteiger partial charge < -0.3 is 14.6 Å². The number of halogens is 1. The van der Waals surface area contributed by atoms with Crippen molar-refractivity contribution in [1.82, 2.24) is 4.98 Å². The number of pyridine rings is 1. The Hall–Kier alpha value is -2.60. The fourth-order valence-corrected chi connectivity index (χ4v) is 2.40. The van der Waals surface area contributed by atoms with Crippen LogP contribution in [-0.2, 0) is 16.0 Å². The number of benzene rings is 1. The van der Waals surface area contributed by atoms with Crippen molar-refractivity contribution in [2.24, 2.45) is 0 Å². The molecule has 0 bridgehead atoms. The van der Waals surface area contributed by atoms with Crippen LogP contribution in [0.25, 0.3) is 0 Å². The number of rotatable bonds is 8. The molecule has 2 aromatic rings. The van der Waals surface area contributed by atoms with Crippen LogP contribution in [0.3, 0.4) is 0 Å². The third-order valence-electron chi connectivity index (χ3n) is 3.64. The van der Waals surface area contributed by atoms with E-state index in [0.717, 1.165) is 0 Å². The number of aromatic nitrogens is 1. The predicted octanol–water partition coefficient (Wildman–Crippen LogP) is 3.77. The second-order valence-corrected chi connectivity index (χ2v) is 6.58. The molecule has 2 rings (SSSR count). The average molecular weight is 378 g/mol. The molecule has 0 saturated carbocycles. The lowest BCUT2D eigenvalue weighted by Crippen LogP contribution is -2.39. The van der Waals surface area contributed by atoms with E-state index in [0.29, 0.717) is 29.2 Å². The van der Waals surface area contributed by atoms with Crippen LogP contribution in [0.1, 0.15) is 36.2 Å². The molecule has 1 N–H and O–H groups in total. The molecule has 0 fully saturated rings. The number of aryl methyl sites for hydroxylation is 1. The molecule has 0 aliphatic carbocycles. The molecule has 0 amide bonds. The second-order valence-electron chi connectivity index (χ2n) is 6.14. The minimum absolute atomic E-state index is 0.158. The van der Waals surface area contributed by atoms with E-state index in [1.807, 2.05) is 0 Å². The molecular weight excluding hydrogens is 358 g/mol. The van der Waals surface area contributed by atoms with E-state index >= 15 is 0 Å². The minimum Gasteiger partial charge on any atom is -0.478 e. The SMILES string of the molecule is CC(C)(Oc1ccc(Cl)cc1)C(=O)OCCCc1ccncc1C(=O)O. The molecule has 0 atom stereocenters. The molecular formula is C19H20ClNO5. The highest BCUT2D eigenvalue weighted by Crippen LogP contribution is 2.22. The van der Waals surface area contributed by atoms with Crippen molar-refractivity contribution in [3.05, 3.63) is 58.9 Å². The fourth-order valence-electron chi connectivity index (χ4n) is 2.27. The summed E-state index contributed by atoms with van der Waals surface area (Å²) in [5.41, 5.74) is -0.345. The van der Waals surface area contributed by atoms with E-state index < -0.39 is 17.5 Å². The summed E-state index contributed by atoms with van der Waals surface area (Å²) in [5.74, 6) is -1.01. The molecule has 1 heterocycles. The van der Waals surface area contributed by atoms with E-state index in [4.69, 9.17) is 26.2 Å². The lowest BCUT2D eigenvalue weighted by Gasteiger charge is -2.24. The van der Waals surface area contributed by atoms with Gasteiger partial charge in [0.15, 0.2) is 5.60 Å². The third-order valence-corrected chi connectivity index (χ3v) is 3.90. The third kappa shape index (κ3) is 5.46. The fraction of sp³-hybridized carbons (Fsp3) is 0.316. The summed E-state index contributed by atoms with van der Waals surface area (Å²) in [7, 11) is 0. The van der Waals surface area contributed by atoms with Crippen LogP contribution in [0.4, 0.5) is 0 Å². The zero-order valence-corrected chi connectivity index (χ0v) is 15.3. The first-order valence-electron chi connectivity index (χ1n) is 8.07. The molecule has 0 aliphatic heterocycles. The molecule has 6 nitrogen and oxygen atoms in total. The van der Waals surface area contributed by atoms with Gasteiger partial charge in [0.1, 0.15) is 5.75 Å². The summed E-state index contributed by atoms with van der Waals surface area (Å²) in [4.78, 5) is 27.2. The van der Waals surface area contributed by atoms with Gasteiger partial charge >= 0.3 is 11.9 Å². The zero-order valence-electron chi connectivity index (χ0n) is 14.6. The van der Waals surface area contributed by atoms with E-state index in [9.17, 15) is 9.59 Å². The highest BCUT2D eigenvalue weighted by Gasteiger charge is 2.31. The van der Waals surface area contributed by atoms with Gasteiger partial charge in [0.25, 0.3) is 0 Å². The van der Waals surface area contributed by atoms with Gasteiger partial charge in [0, 0.05) is 17.4 Å². The van der Waals surface area contributed by atoms with Crippen LogP contribution in [0.2, 0.25) is 5.02 Å². The molecule has 138 valence electrons. The molecule has 26 heavy (non-hydrogen) atoms. The van der Waals surface area contributed by atoms with Crippen LogP contribution >= 0.6 is 11.6 Å². The number of ether oxygens (including phenoxy) is 2. The van der Waals surface area contributed by atoms with Crippen molar-refractivity contribution in [2.45, 2.75) is 32.3 Å². The van der Waals surface area contributed by atoms with Crippen LogP contribution in [0, 0.1) is 0 Å². The normalized spacial score (nSPS) is 11.0. The number of nitrogens with zero attached hydrogens (tertiary/aromatic N) is 1. The van der Waals surface area contributed by atoms with Gasteiger partial charge in [0.2, 0.25) is 0 Å². The number of carbonyl (C=O) groups excluding carboxylic acids is 1. The lowest BCUT2D eigenvalue weighted by molar-refractivity contribution is -0.159. The highest BCUT2D eigenvalue weighted by molar-refractivity contribution is 6.30. The Balaban J connectivity index is 1.84. The summed E-state index contributed by atoms with van der Waals surface area (Å²) in [5, 5.41) is 9.70. The van der Waals surface area contributed by atoms with Crippen LogP contribution in [0.5, 0.6) is 5.75 Å². The van der Waals surface area contributed by atoms with E-state index in [2.05, 4.69) is 4.98 Å². The maximum atomic E-state index is 12.2. The number of esters is 1. The van der Waals surface area contributed by atoms with Crippen LogP contribution in [0.15, 0.2) is 42.7 Å². The monoisotopic (exact) mass is 377 g/mol. The first-order valence-corrected chi connectivity index (χ1v) is 8.45. The van der Waals surface area contributed by atoms with Crippen molar-refractivity contribution in [2.75, 3.05) is 6.61 Å². The first-order chi connectivity index (χ1) is 12.3. The largest absolute Gasteiger partial charge is 0.478 e. The van der Waals surface area contributed by atoms with Gasteiger partial charge in [-0.3, -0.25) is 4.98 Å². The smallest absolute Gasteiger partial charge is 0.349 e. The number of carboxylic acids is 1. The molecule has 0 saturated heterocycles. The molecule has 7 heteroatoms. The Morgan fingerprint density at radius 2 is 1.88 bits per heavy atom. The summed E-state index contributed by atoms with van der Waals surface area (Å²) in [6.45, 7) is 3.40. The van der Waals surface area contributed by atoms with Crippen LogP contribution < -0.4 is 4.74 Å². The molecule has 0 aliphatic rings. The molecule has 0 unspecified atom stereocenters. The number of carboxylic acid groups (broad SMARTS) is 1. The predicted molar refractivity (Wildman–Crippen MR) is 96.6 cm³/mol. The Morgan fingerprint density at radius 3 is 2.54 bits per heavy atom. The van der Waals surface area contributed by atoms with Crippen LogP contribution in [-0.4, -0.2) is 34.2 Å². The summed E-state index contributed by atoms with van der Waals surface area (Å²) in [6, 6.07) is 8.35. The quantitative estimate of drug-likeness (QED) is 0.556. The van der Waals surface area contributed by atoms with Gasteiger partial charge in [-0.15, -0.1) is 0 Å². The highest BCUT2D eigenvalue weighted by atomic mass is 35.5. The van der Waals surface area contributed by atoms with Gasteiger partial charge in [-0.2, -0.15) is 0 Å². The Labute approximate surface area is 156 Å². The lowest BCUT2D eigenvalue weighted by atomic mass is 10.1. The van der Waals surface area contributed by atoms with Gasteiger partial charge in [-0.25, -0.2) is 9.59 Å². The first kappa shape index (κ1) is 19.7. The average Bonchev–Trinajstić information content (AvgIpc) is 2.60. The standard InChI is InChI=1S/C19H20ClNO5/c1-19(2,26-15-7-5-14(20)6-8-15)18(24)25-11-3-4-13-9-10-21-12-16(13)17(22)23/h5-10,12H,3-4,11H2,1-2H3,(H,22,23). The summed E-state index contributed by atoms with van der Waals surface area (Å²) >= 11 is 5.82. The van der Waals surface area contributed by atoms with Gasteiger partial charge in [0.05, 0.1) is 12.2 Å². The van der Waals surface area contributed by atoms with Crippen molar-refractivity contribution in [3.63, 3.8) is 0 Å². The number of hydrogen-bond donors (Lipinski definition) is 1. The maximum Gasteiger partial charge on any atom is 0.349 e. The topological polar surface area (TPSA) is 85.7 Å². The Bertz CT molecular complexity index is 774. The molecule has 0 spiro atoms. The van der Waals surface area contributed by atoms with E-state index in [1.165, 1.54) is 12.4 Å². The zero-order chi connectivity index (χ0) is 19.2. The molecule has 0 radical (unpaired) electrons. The van der Waals surface area contributed by atoms with E-state index in [-0.39, 0.29) is 12.2 Å². The number of hydrogen-bond acceptors (Lipinski definition) is 5. The van der Waals surface area contributed by atoms with E-state index in [1.54, 1.807) is 44.2 Å². The minimum atomic E-state index is -1.16. The second kappa shape index (κ2) is 8.67. The van der Waals surface area contributed by atoms with Crippen molar-refractivity contribution in [3.8, 4) is 5.75 Å². The molecule has 1 aromatic carbocycles. The maximum absolute atomic E-state index is 12.2. The number of carbonyl (C=O) groups is 2. The van der Waals surface area contributed by atoms with Gasteiger partial charge in [-0.05, 0) is 62.6 Å². The van der Waals surface area contributed by atoms with Crippen molar-refractivity contribution >= 4 is 23.5 Å². The summed E-state index contributed by atoms with van der Waals surface area (Å²) in [6.07, 6.45) is 3.81. The Morgan fingerprint density at radius 1 is 1.19 bits per heavy atom. The van der Waals surface area contributed by atoms with Crippen molar-refractivity contribution < 1.29 is 24.2 Å². The number of aromatic carboxylic acids is 1. The van der Waals surface area contributed by atoms with Gasteiger partial charge in [-0.1, -0.05) is 11.6 Å². The van der Waals surface area contributed by atoms with Crippen molar-refractivity contribution in [1.29, 1.82) is 0 Å². The molecule has 1 aromatic heterocycles. The Kier molecular flexibility index (Phi) is 6.58. The summed E-state index contributed by atoms with van der Waals surface area (Å²) < 4.78 is 10.9.